The Labute approximate surface area is 107 Å². The minimum absolute atomic E-state index is 0.335. The molecule has 2 rings (SSSR count). The molecule has 6 heteroatoms. The second-order valence-corrected chi connectivity index (χ2v) is 4.79. The number of nitrogen functional groups attached to an aromatic ring is 1. The molecule has 0 aliphatic rings. The van der Waals surface area contributed by atoms with Gasteiger partial charge in [0, 0.05) is 5.56 Å². The van der Waals surface area contributed by atoms with E-state index in [1.54, 1.807) is 13.0 Å². The quantitative estimate of drug-likeness (QED) is 0.499. The van der Waals surface area contributed by atoms with Gasteiger partial charge in [0.15, 0.2) is 0 Å². The van der Waals surface area contributed by atoms with E-state index < -0.39 is 0 Å². The van der Waals surface area contributed by atoms with E-state index in [9.17, 15) is 4.79 Å². The Bertz CT molecular complexity index is 568. The van der Waals surface area contributed by atoms with Crippen molar-refractivity contribution in [1.82, 2.24) is 10.4 Å². The molecule has 0 radical (unpaired) electrons. The Morgan fingerprint density at radius 3 is 2.82 bits per heavy atom. The van der Waals surface area contributed by atoms with Crippen LogP contribution in [-0.2, 0) is 0 Å². The number of hydrogen-bond donors (Lipinski definition) is 2. The maximum atomic E-state index is 11.5. The van der Waals surface area contributed by atoms with Gasteiger partial charge in [-0.25, -0.2) is 10.8 Å². The number of nitrogens with zero attached hydrogens (tertiary/aromatic N) is 1. The van der Waals surface area contributed by atoms with Gasteiger partial charge in [-0.2, -0.15) is 0 Å². The van der Waals surface area contributed by atoms with E-state index >= 15 is 0 Å². The number of aromatic nitrogens is 1. The first-order chi connectivity index (χ1) is 8.13. The molecule has 0 bridgehead atoms. The summed E-state index contributed by atoms with van der Waals surface area (Å²) in [5, 5.41) is 1.33. The van der Waals surface area contributed by atoms with Crippen LogP contribution in [0.25, 0.3) is 10.6 Å². The van der Waals surface area contributed by atoms with E-state index in [4.69, 9.17) is 17.4 Å². The topological polar surface area (TPSA) is 68.0 Å². The number of nitrogens with one attached hydrogen (secondary N) is 1. The van der Waals surface area contributed by atoms with E-state index in [2.05, 4.69) is 10.4 Å². The van der Waals surface area contributed by atoms with Crippen LogP contribution in [0.2, 0.25) is 5.02 Å². The van der Waals surface area contributed by atoms with Gasteiger partial charge in [-0.3, -0.25) is 10.2 Å². The van der Waals surface area contributed by atoms with Crippen LogP contribution in [0.15, 0.2) is 24.3 Å². The lowest BCUT2D eigenvalue weighted by Crippen LogP contribution is -2.29. The highest BCUT2D eigenvalue weighted by molar-refractivity contribution is 7.17. The Hall–Kier alpha value is -1.43. The Kier molecular flexibility index (Phi) is 3.42. The molecule has 1 heterocycles. The van der Waals surface area contributed by atoms with Gasteiger partial charge in [0.1, 0.15) is 9.88 Å². The summed E-state index contributed by atoms with van der Waals surface area (Å²) in [5.74, 6) is 4.77. The number of nitrogens with two attached hydrogens (primary N) is 1. The highest BCUT2D eigenvalue weighted by Gasteiger charge is 2.16. The van der Waals surface area contributed by atoms with Crippen molar-refractivity contribution in [1.29, 1.82) is 0 Å². The summed E-state index contributed by atoms with van der Waals surface area (Å²) in [4.78, 5) is 16.3. The van der Waals surface area contributed by atoms with E-state index in [-0.39, 0.29) is 5.91 Å². The molecule has 0 spiro atoms. The summed E-state index contributed by atoms with van der Waals surface area (Å²) in [7, 11) is 0. The highest BCUT2D eigenvalue weighted by Crippen LogP contribution is 2.32. The molecule has 88 valence electrons. The zero-order chi connectivity index (χ0) is 12.4. The van der Waals surface area contributed by atoms with Gasteiger partial charge in [0.05, 0.1) is 10.7 Å². The number of carbonyl (C=O) groups excluding carboxylic acids is 1. The molecule has 3 N–H and O–H groups in total. The van der Waals surface area contributed by atoms with Crippen LogP contribution in [-0.4, -0.2) is 10.9 Å². The molecule has 1 aromatic heterocycles. The minimum atomic E-state index is -0.335. The van der Waals surface area contributed by atoms with Gasteiger partial charge in [0.25, 0.3) is 5.91 Å². The molecule has 0 fully saturated rings. The number of carbonyl (C=O) groups is 1. The van der Waals surface area contributed by atoms with Gasteiger partial charge in [0.2, 0.25) is 0 Å². The first-order valence-corrected chi connectivity index (χ1v) is 6.06. The largest absolute Gasteiger partial charge is 0.289 e. The molecule has 4 nitrogen and oxygen atoms in total. The van der Waals surface area contributed by atoms with E-state index in [0.29, 0.717) is 20.6 Å². The fraction of sp³-hybridized carbons (Fsp3) is 0.0909. The number of hydrazine groups is 1. The normalized spacial score (nSPS) is 10.3. The lowest BCUT2D eigenvalue weighted by Gasteiger charge is -1.98. The standard InChI is InChI=1S/C11H10ClN3OS/c1-6-9(10(16)15-13)17-11(14-6)7-4-2-3-5-8(7)12/h2-5H,13H2,1H3,(H,15,16). The van der Waals surface area contributed by atoms with Crippen LogP contribution in [0.1, 0.15) is 15.4 Å². The molecule has 0 unspecified atom stereocenters. The third kappa shape index (κ3) is 2.31. The number of benzene rings is 1. The van der Waals surface area contributed by atoms with Crippen LogP contribution in [0.4, 0.5) is 0 Å². The summed E-state index contributed by atoms with van der Waals surface area (Å²) < 4.78 is 0. The van der Waals surface area contributed by atoms with E-state index in [1.165, 1.54) is 11.3 Å². The Morgan fingerprint density at radius 1 is 1.47 bits per heavy atom. The van der Waals surface area contributed by atoms with Gasteiger partial charge >= 0.3 is 0 Å². The first-order valence-electron chi connectivity index (χ1n) is 4.86. The fourth-order valence-corrected chi connectivity index (χ4v) is 2.71. The summed E-state index contributed by atoms with van der Waals surface area (Å²) in [6.07, 6.45) is 0. The number of hydrogen-bond acceptors (Lipinski definition) is 4. The van der Waals surface area contributed by atoms with Gasteiger partial charge in [-0.15, -0.1) is 11.3 Å². The lowest BCUT2D eigenvalue weighted by atomic mass is 10.2. The minimum Gasteiger partial charge on any atom is -0.289 e. The van der Waals surface area contributed by atoms with Crippen LogP contribution in [0.3, 0.4) is 0 Å². The number of amides is 1. The second kappa shape index (κ2) is 4.83. The second-order valence-electron chi connectivity index (χ2n) is 3.39. The average Bonchev–Trinajstić information content (AvgIpc) is 2.71. The molecular weight excluding hydrogens is 258 g/mol. The van der Waals surface area contributed by atoms with Gasteiger partial charge in [-0.1, -0.05) is 29.8 Å². The predicted molar refractivity (Wildman–Crippen MR) is 69.0 cm³/mol. The van der Waals surface area contributed by atoms with Crippen LogP contribution < -0.4 is 11.3 Å². The number of rotatable bonds is 2. The summed E-state index contributed by atoms with van der Waals surface area (Å²) in [6, 6.07) is 7.38. The van der Waals surface area contributed by atoms with Gasteiger partial charge < -0.3 is 0 Å². The van der Waals surface area contributed by atoms with Crippen molar-refractivity contribution in [2.75, 3.05) is 0 Å². The van der Waals surface area contributed by atoms with Crippen molar-refractivity contribution in [2.24, 2.45) is 5.84 Å². The average molecular weight is 268 g/mol. The van der Waals surface area contributed by atoms with Crippen molar-refractivity contribution in [3.05, 3.63) is 39.9 Å². The highest BCUT2D eigenvalue weighted by atomic mass is 35.5. The van der Waals surface area contributed by atoms with E-state index in [1.807, 2.05) is 18.2 Å². The summed E-state index contributed by atoms with van der Waals surface area (Å²) in [5.41, 5.74) is 3.56. The Morgan fingerprint density at radius 2 is 2.18 bits per heavy atom. The van der Waals surface area contributed by atoms with Crippen molar-refractivity contribution in [2.45, 2.75) is 6.92 Å². The van der Waals surface area contributed by atoms with Crippen LogP contribution >= 0.6 is 22.9 Å². The Balaban J connectivity index is 2.49. The zero-order valence-electron chi connectivity index (χ0n) is 9.03. The number of halogens is 1. The SMILES string of the molecule is Cc1nc(-c2ccccc2Cl)sc1C(=O)NN. The van der Waals surface area contributed by atoms with Gasteiger partial charge in [-0.05, 0) is 13.0 Å². The fourth-order valence-electron chi connectivity index (χ4n) is 1.42. The molecule has 0 atom stereocenters. The first kappa shape index (κ1) is 12.0. The van der Waals surface area contributed by atoms with Crippen molar-refractivity contribution >= 4 is 28.8 Å². The maximum Gasteiger partial charge on any atom is 0.277 e. The van der Waals surface area contributed by atoms with Crippen molar-refractivity contribution in [3.8, 4) is 10.6 Å². The molecule has 1 amide bonds. The van der Waals surface area contributed by atoms with Crippen molar-refractivity contribution < 1.29 is 4.79 Å². The molecule has 1 aromatic carbocycles. The van der Waals surface area contributed by atoms with E-state index in [0.717, 1.165) is 5.56 Å². The van der Waals surface area contributed by atoms with Crippen molar-refractivity contribution in [3.63, 3.8) is 0 Å². The maximum absolute atomic E-state index is 11.5. The molecule has 0 aliphatic heterocycles. The monoisotopic (exact) mass is 267 g/mol. The molecule has 0 saturated carbocycles. The van der Waals surface area contributed by atoms with Crippen LogP contribution in [0.5, 0.6) is 0 Å². The zero-order valence-corrected chi connectivity index (χ0v) is 10.6. The third-order valence-electron chi connectivity index (χ3n) is 2.24. The van der Waals surface area contributed by atoms with Crippen LogP contribution in [0, 0.1) is 6.92 Å². The lowest BCUT2D eigenvalue weighted by molar-refractivity contribution is 0.0957. The molecule has 2 aromatic rings. The molecule has 0 saturated heterocycles. The molecular formula is C11H10ClN3OS. The summed E-state index contributed by atoms with van der Waals surface area (Å²) >= 11 is 7.35. The smallest absolute Gasteiger partial charge is 0.277 e. The molecule has 17 heavy (non-hydrogen) atoms. The number of thiazole rings is 1. The number of aryl methyl sites for hydroxylation is 1. The summed E-state index contributed by atoms with van der Waals surface area (Å²) in [6.45, 7) is 1.77. The third-order valence-corrected chi connectivity index (χ3v) is 3.76. The molecule has 0 aliphatic carbocycles. The predicted octanol–water partition coefficient (Wildman–Crippen LogP) is 2.38.